The first-order chi connectivity index (χ1) is 9.16. The summed E-state index contributed by atoms with van der Waals surface area (Å²) in [5, 5.41) is 14.9. The molecule has 0 aliphatic heterocycles. The Kier molecular flexibility index (Phi) is 4.51. The van der Waals surface area contributed by atoms with Gasteiger partial charge < -0.3 is 5.32 Å². The van der Waals surface area contributed by atoms with Gasteiger partial charge in [0.25, 0.3) is 0 Å². The van der Waals surface area contributed by atoms with Gasteiger partial charge in [-0.05, 0) is 36.4 Å². The van der Waals surface area contributed by atoms with Gasteiger partial charge >= 0.3 is 0 Å². The highest BCUT2D eigenvalue weighted by Crippen LogP contribution is 2.17. The molecule has 0 spiro atoms. The maximum atomic E-state index is 11.6. The molecule has 0 aliphatic carbocycles. The van der Waals surface area contributed by atoms with E-state index < -0.39 is 0 Å². The Hall–Kier alpha value is -1.89. The van der Waals surface area contributed by atoms with E-state index in [9.17, 15) is 4.79 Å². The van der Waals surface area contributed by atoms with Crippen molar-refractivity contribution in [3.05, 3.63) is 30.3 Å². The molecular formula is C12H15N5OS. The van der Waals surface area contributed by atoms with Crippen molar-refractivity contribution in [1.82, 2.24) is 25.5 Å². The van der Waals surface area contributed by atoms with Gasteiger partial charge in [-0.25, -0.2) is 0 Å². The second-order valence-electron chi connectivity index (χ2n) is 4.22. The van der Waals surface area contributed by atoms with Crippen LogP contribution in [-0.4, -0.2) is 37.9 Å². The van der Waals surface area contributed by atoms with Gasteiger partial charge in [0.05, 0.1) is 11.4 Å². The quantitative estimate of drug-likeness (QED) is 0.833. The Morgan fingerprint density at radius 3 is 2.79 bits per heavy atom. The zero-order valence-corrected chi connectivity index (χ0v) is 11.6. The van der Waals surface area contributed by atoms with Crippen LogP contribution in [0.5, 0.6) is 0 Å². The number of benzene rings is 1. The zero-order valence-electron chi connectivity index (χ0n) is 10.8. The summed E-state index contributed by atoms with van der Waals surface area (Å²) < 4.78 is 1.62. The maximum absolute atomic E-state index is 11.6. The van der Waals surface area contributed by atoms with Gasteiger partial charge in [-0.15, -0.1) is 5.10 Å². The lowest BCUT2D eigenvalue weighted by Crippen LogP contribution is -2.31. The van der Waals surface area contributed by atoms with Crippen molar-refractivity contribution in [1.29, 1.82) is 0 Å². The molecule has 1 amide bonds. The zero-order chi connectivity index (χ0) is 13.7. The molecule has 2 rings (SSSR count). The van der Waals surface area contributed by atoms with E-state index in [0.717, 1.165) is 5.69 Å². The number of hydrogen-bond donors (Lipinski definition) is 1. The summed E-state index contributed by atoms with van der Waals surface area (Å²) in [6.07, 6.45) is 0. The fourth-order valence-electron chi connectivity index (χ4n) is 1.49. The number of para-hydroxylation sites is 1. The summed E-state index contributed by atoms with van der Waals surface area (Å²) in [5.41, 5.74) is 0.874. The summed E-state index contributed by atoms with van der Waals surface area (Å²) in [6.45, 7) is 3.85. The van der Waals surface area contributed by atoms with Gasteiger partial charge in [0.2, 0.25) is 11.1 Å². The van der Waals surface area contributed by atoms with E-state index in [4.69, 9.17) is 0 Å². The van der Waals surface area contributed by atoms with Gasteiger partial charge in [-0.2, -0.15) is 4.68 Å². The molecule has 0 aliphatic rings. The van der Waals surface area contributed by atoms with Crippen LogP contribution in [0.15, 0.2) is 35.5 Å². The van der Waals surface area contributed by atoms with Crippen molar-refractivity contribution >= 4 is 17.7 Å². The van der Waals surface area contributed by atoms with Crippen LogP contribution in [0.2, 0.25) is 0 Å². The molecule has 100 valence electrons. The fourth-order valence-corrected chi connectivity index (χ4v) is 2.20. The second kappa shape index (κ2) is 6.33. The Bertz CT molecular complexity index is 540. The Morgan fingerprint density at radius 2 is 2.11 bits per heavy atom. The number of nitrogens with one attached hydrogen (secondary N) is 1. The standard InChI is InChI=1S/C12H15N5OS/c1-9(2)13-11(18)8-19-12-14-15-16-17(12)10-6-4-3-5-7-10/h3-7,9H,8H2,1-2H3,(H,13,18). The van der Waals surface area contributed by atoms with Crippen LogP contribution in [0.3, 0.4) is 0 Å². The second-order valence-corrected chi connectivity index (χ2v) is 5.16. The number of carbonyl (C=O) groups excluding carboxylic acids is 1. The predicted octanol–water partition coefficient (Wildman–Crippen LogP) is 1.28. The highest BCUT2D eigenvalue weighted by atomic mass is 32.2. The van der Waals surface area contributed by atoms with Crippen LogP contribution in [0.1, 0.15) is 13.8 Å². The third-order valence-corrected chi connectivity index (χ3v) is 3.14. The number of nitrogens with zero attached hydrogens (tertiary/aromatic N) is 4. The molecular weight excluding hydrogens is 262 g/mol. The van der Waals surface area contributed by atoms with E-state index in [2.05, 4.69) is 20.8 Å². The number of aromatic nitrogens is 4. The number of rotatable bonds is 5. The number of amides is 1. The Balaban J connectivity index is 2.03. The van der Waals surface area contributed by atoms with Crippen LogP contribution in [0.4, 0.5) is 0 Å². The molecule has 1 aromatic carbocycles. The van der Waals surface area contributed by atoms with Crippen molar-refractivity contribution < 1.29 is 4.79 Å². The lowest BCUT2D eigenvalue weighted by molar-refractivity contribution is -0.119. The maximum Gasteiger partial charge on any atom is 0.230 e. The SMILES string of the molecule is CC(C)NC(=O)CSc1nnnn1-c1ccccc1. The van der Waals surface area contributed by atoms with E-state index >= 15 is 0 Å². The summed E-state index contributed by atoms with van der Waals surface area (Å²) >= 11 is 1.31. The molecule has 19 heavy (non-hydrogen) atoms. The number of tetrazole rings is 1. The lowest BCUT2D eigenvalue weighted by Gasteiger charge is -2.07. The smallest absolute Gasteiger partial charge is 0.230 e. The Morgan fingerprint density at radius 1 is 1.37 bits per heavy atom. The molecule has 0 unspecified atom stereocenters. The summed E-state index contributed by atoms with van der Waals surface area (Å²) in [5.74, 6) is 0.272. The van der Waals surface area contributed by atoms with Gasteiger partial charge in [-0.3, -0.25) is 4.79 Å². The molecule has 1 aromatic heterocycles. The lowest BCUT2D eigenvalue weighted by atomic mass is 10.3. The largest absolute Gasteiger partial charge is 0.353 e. The molecule has 1 heterocycles. The minimum Gasteiger partial charge on any atom is -0.353 e. The average Bonchev–Trinajstić information content (AvgIpc) is 2.85. The van der Waals surface area contributed by atoms with Crippen molar-refractivity contribution in [2.24, 2.45) is 0 Å². The first kappa shape index (κ1) is 13.5. The highest BCUT2D eigenvalue weighted by Gasteiger charge is 2.11. The predicted molar refractivity (Wildman–Crippen MR) is 73.2 cm³/mol. The molecule has 0 bridgehead atoms. The van der Waals surface area contributed by atoms with Crippen LogP contribution in [0, 0.1) is 0 Å². The minimum absolute atomic E-state index is 0.0254. The third-order valence-electron chi connectivity index (χ3n) is 2.22. The number of carbonyl (C=O) groups is 1. The molecule has 0 saturated heterocycles. The third kappa shape index (κ3) is 3.78. The van der Waals surface area contributed by atoms with Gasteiger partial charge in [0.15, 0.2) is 0 Å². The van der Waals surface area contributed by atoms with E-state index in [1.165, 1.54) is 11.8 Å². The molecule has 0 saturated carbocycles. The molecule has 6 nitrogen and oxygen atoms in total. The monoisotopic (exact) mass is 277 g/mol. The van der Waals surface area contributed by atoms with E-state index in [0.29, 0.717) is 10.9 Å². The van der Waals surface area contributed by atoms with Crippen LogP contribution < -0.4 is 5.32 Å². The van der Waals surface area contributed by atoms with Gasteiger partial charge in [0, 0.05) is 6.04 Å². The average molecular weight is 277 g/mol. The Labute approximate surface area is 115 Å². The van der Waals surface area contributed by atoms with Crippen LogP contribution >= 0.6 is 11.8 Å². The molecule has 0 atom stereocenters. The normalized spacial score (nSPS) is 10.7. The van der Waals surface area contributed by atoms with Crippen molar-refractivity contribution in [2.45, 2.75) is 25.0 Å². The molecule has 0 radical (unpaired) electrons. The van der Waals surface area contributed by atoms with Crippen LogP contribution in [-0.2, 0) is 4.79 Å². The van der Waals surface area contributed by atoms with Crippen molar-refractivity contribution in [3.63, 3.8) is 0 Å². The fraction of sp³-hybridized carbons (Fsp3) is 0.333. The number of hydrogen-bond acceptors (Lipinski definition) is 5. The molecule has 7 heteroatoms. The molecule has 1 N–H and O–H groups in total. The van der Waals surface area contributed by atoms with E-state index in [1.807, 2.05) is 44.2 Å². The molecule has 0 fully saturated rings. The van der Waals surface area contributed by atoms with Crippen molar-refractivity contribution in [3.8, 4) is 5.69 Å². The topological polar surface area (TPSA) is 72.7 Å². The molecule has 2 aromatic rings. The first-order valence-electron chi connectivity index (χ1n) is 5.93. The summed E-state index contributed by atoms with van der Waals surface area (Å²) in [4.78, 5) is 11.6. The highest BCUT2D eigenvalue weighted by molar-refractivity contribution is 7.99. The van der Waals surface area contributed by atoms with Crippen LogP contribution in [0.25, 0.3) is 5.69 Å². The number of thioether (sulfide) groups is 1. The first-order valence-corrected chi connectivity index (χ1v) is 6.91. The van der Waals surface area contributed by atoms with Crippen molar-refractivity contribution in [2.75, 3.05) is 5.75 Å². The minimum atomic E-state index is -0.0254. The summed E-state index contributed by atoms with van der Waals surface area (Å²) in [6, 6.07) is 9.71. The summed E-state index contributed by atoms with van der Waals surface area (Å²) in [7, 11) is 0. The van der Waals surface area contributed by atoms with E-state index in [-0.39, 0.29) is 11.9 Å². The van der Waals surface area contributed by atoms with Gasteiger partial charge in [-0.1, -0.05) is 30.0 Å². The van der Waals surface area contributed by atoms with Gasteiger partial charge in [0.1, 0.15) is 0 Å². The van der Waals surface area contributed by atoms with E-state index in [1.54, 1.807) is 4.68 Å².